The highest BCUT2D eigenvalue weighted by Crippen LogP contribution is 2.25. The topological polar surface area (TPSA) is 59.2 Å². The van der Waals surface area contributed by atoms with Gasteiger partial charge in [0.1, 0.15) is 17.3 Å². The minimum Gasteiger partial charge on any atom is -0.497 e. The van der Waals surface area contributed by atoms with Crippen molar-refractivity contribution >= 4 is 5.96 Å². The molecule has 1 aromatic carbocycles. The van der Waals surface area contributed by atoms with Gasteiger partial charge >= 0.3 is 0 Å². The molecule has 0 unspecified atom stereocenters. The van der Waals surface area contributed by atoms with Gasteiger partial charge in [-0.15, -0.1) is 0 Å². The second-order valence-corrected chi connectivity index (χ2v) is 6.00. The summed E-state index contributed by atoms with van der Waals surface area (Å²) in [5.74, 6) is 3.43. The number of nitrogens with one attached hydrogen (secondary N) is 1. The Balaban J connectivity index is 2.02. The molecule has 0 radical (unpaired) electrons. The monoisotopic (exact) mass is 359 g/mol. The van der Waals surface area contributed by atoms with E-state index in [4.69, 9.17) is 13.9 Å². The Morgan fingerprint density at radius 1 is 1.23 bits per heavy atom. The minimum atomic E-state index is 0.684. The number of ether oxygens (including phenoxy) is 2. The van der Waals surface area contributed by atoms with E-state index < -0.39 is 0 Å². The lowest BCUT2D eigenvalue weighted by atomic mass is 10.2. The number of nitrogens with zero attached hydrogens (tertiary/aromatic N) is 2. The molecule has 0 aliphatic heterocycles. The van der Waals surface area contributed by atoms with Gasteiger partial charge in [-0.1, -0.05) is 6.92 Å². The van der Waals surface area contributed by atoms with Gasteiger partial charge < -0.3 is 24.1 Å². The third kappa shape index (κ3) is 5.72. The molecule has 0 spiro atoms. The normalized spacial score (nSPS) is 11.3. The van der Waals surface area contributed by atoms with Crippen LogP contribution >= 0.6 is 0 Å². The second kappa shape index (κ2) is 10.4. The van der Waals surface area contributed by atoms with E-state index in [-0.39, 0.29) is 0 Å². The standard InChI is InChI=1S/C20H29N3O3/c1-5-11-21-20(22-12-10-17-7-6-13-26-17)23(2)15-16-8-9-18(24-3)14-19(16)25-4/h6-9,13-14H,5,10-12,15H2,1-4H3,(H,21,22). The van der Waals surface area contributed by atoms with Crippen molar-refractivity contribution in [2.24, 2.45) is 4.99 Å². The van der Waals surface area contributed by atoms with Crippen LogP contribution in [0.3, 0.4) is 0 Å². The van der Waals surface area contributed by atoms with Crippen LogP contribution in [-0.2, 0) is 13.0 Å². The molecule has 6 heteroatoms. The fourth-order valence-electron chi connectivity index (χ4n) is 2.59. The molecule has 0 bridgehead atoms. The molecule has 0 atom stereocenters. The molecule has 142 valence electrons. The molecule has 0 amide bonds. The average Bonchev–Trinajstić information content (AvgIpc) is 3.18. The Morgan fingerprint density at radius 3 is 2.73 bits per heavy atom. The summed E-state index contributed by atoms with van der Waals surface area (Å²) in [4.78, 5) is 6.78. The molecule has 1 heterocycles. The third-order valence-electron chi connectivity index (χ3n) is 3.98. The molecule has 0 fully saturated rings. The maximum atomic E-state index is 5.50. The zero-order chi connectivity index (χ0) is 18.8. The Labute approximate surface area is 155 Å². The first-order chi connectivity index (χ1) is 12.7. The summed E-state index contributed by atoms with van der Waals surface area (Å²) in [6.07, 6.45) is 3.52. The Hall–Kier alpha value is -2.63. The van der Waals surface area contributed by atoms with Gasteiger partial charge in [-0.25, -0.2) is 0 Å². The highest BCUT2D eigenvalue weighted by molar-refractivity contribution is 5.79. The van der Waals surface area contributed by atoms with Crippen LogP contribution < -0.4 is 14.8 Å². The lowest BCUT2D eigenvalue weighted by Crippen LogP contribution is -2.39. The first-order valence-corrected chi connectivity index (χ1v) is 8.90. The highest BCUT2D eigenvalue weighted by Gasteiger charge is 2.11. The van der Waals surface area contributed by atoms with E-state index in [0.29, 0.717) is 6.54 Å². The zero-order valence-electron chi connectivity index (χ0n) is 16.1. The van der Waals surface area contributed by atoms with E-state index >= 15 is 0 Å². The van der Waals surface area contributed by atoms with Gasteiger partial charge in [0.15, 0.2) is 5.96 Å². The predicted octanol–water partition coefficient (Wildman–Crippen LogP) is 3.33. The lowest BCUT2D eigenvalue weighted by Gasteiger charge is -2.23. The summed E-state index contributed by atoms with van der Waals surface area (Å²) >= 11 is 0. The van der Waals surface area contributed by atoms with Crippen molar-refractivity contribution in [3.05, 3.63) is 47.9 Å². The van der Waals surface area contributed by atoms with Crippen molar-refractivity contribution < 1.29 is 13.9 Å². The second-order valence-electron chi connectivity index (χ2n) is 6.00. The van der Waals surface area contributed by atoms with Gasteiger partial charge in [0.25, 0.3) is 0 Å². The Morgan fingerprint density at radius 2 is 2.08 bits per heavy atom. The predicted molar refractivity (Wildman–Crippen MR) is 104 cm³/mol. The van der Waals surface area contributed by atoms with E-state index in [2.05, 4.69) is 22.1 Å². The molecule has 26 heavy (non-hydrogen) atoms. The minimum absolute atomic E-state index is 0.684. The smallest absolute Gasteiger partial charge is 0.193 e. The van der Waals surface area contributed by atoms with E-state index in [1.165, 1.54) is 0 Å². The quantitative estimate of drug-likeness (QED) is 0.550. The number of hydrogen-bond donors (Lipinski definition) is 1. The fourth-order valence-corrected chi connectivity index (χ4v) is 2.59. The molecule has 0 aliphatic carbocycles. The van der Waals surface area contributed by atoms with Crippen LogP contribution in [0.25, 0.3) is 0 Å². The van der Waals surface area contributed by atoms with Crippen molar-refractivity contribution in [1.29, 1.82) is 0 Å². The van der Waals surface area contributed by atoms with Crippen molar-refractivity contribution in [2.45, 2.75) is 26.3 Å². The largest absolute Gasteiger partial charge is 0.497 e. The van der Waals surface area contributed by atoms with Crippen LogP contribution in [0.15, 0.2) is 46.0 Å². The van der Waals surface area contributed by atoms with Crippen LogP contribution in [0.4, 0.5) is 0 Å². The molecular weight excluding hydrogens is 330 g/mol. The molecule has 2 aromatic rings. The number of hydrogen-bond acceptors (Lipinski definition) is 4. The Bertz CT molecular complexity index is 684. The van der Waals surface area contributed by atoms with Crippen LogP contribution in [0.2, 0.25) is 0 Å². The van der Waals surface area contributed by atoms with Gasteiger partial charge in [0, 0.05) is 44.7 Å². The first-order valence-electron chi connectivity index (χ1n) is 8.90. The highest BCUT2D eigenvalue weighted by atomic mass is 16.5. The molecular formula is C20H29N3O3. The maximum Gasteiger partial charge on any atom is 0.193 e. The maximum absolute atomic E-state index is 5.50. The summed E-state index contributed by atoms with van der Waals surface area (Å²) in [5, 5.41) is 3.42. The molecule has 0 aliphatic rings. The summed E-state index contributed by atoms with van der Waals surface area (Å²) in [6, 6.07) is 9.75. The van der Waals surface area contributed by atoms with E-state index in [0.717, 1.165) is 54.7 Å². The van der Waals surface area contributed by atoms with Crippen molar-refractivity contribution in [2.75, 3.05) is 34.4 Å². The number of rotatable bonds is 9. The van der Waals surface area contributed by atoms with Crippen molar-refractivity contribution in [1.82, 2.24) is 10.2 Å². The van der Waals surface area contributed by atoms with Crippen LogP contribution in [0.1, 0.15) is 24.7 Å². The molecule has 6 nitrogen and oxygen atoms in total. The first kappa shape index (κ1) is 19.7. The lowest BCUT2D eigenvalue weighted by molar-refractivity contribution is 0.382. The van der Waals surface area contributed by atoms with Gasteiger partial charge in [-0.3, -0.25) is 4.99 Å². The van der Waals surface area contributed by atoms with Crippen LogP contribution in [-0.4, -0.2) is 45.2 Å². The van der Waals surface area contributed by atoms with Gasteiger partial charge in [0.2, 0.25) is 0 Å². The summed E-state index contributed by atoms with van der Waals surface area (Å²) in [5.41, 5.74) is 1.08. The summed E-state index contributed by atoms with van der Waals surface area (Å²) in [6.45, 7) is 4.35. The average molecular weight is 359 g/mol. The molecule has 0 saturated carbocycles. The van der Waals surface area contributed by atoms with Crippen molar-refractivity contribution in [3.63, 3.8) is 0 Å². The number of guanidine groups is 1. The number of benzene rings is 1. The molecule has 1 N–H and O–H groups in total. The number of methoxy groups -OCH3 is 2. The number of furan rings is 1. The van der Waals surface area contributed by atoms with Gasteiger partial charge in [-0.2, -0.15) is 0 Å². The van der Waals surface area contributed by atoms with Gasteiger partial charge in [-0.05, 0) is 30.7 Å². The Kier molecular flexibility index (Phi) is 7.86. The van der Waals surface area contributed by atoms with E-state index in [1.54, 1.807) is 20.5 Å². The SMILES string of the molecule is CCCN=C(NCCc1ccco1)N(C)Cc1ccc(OC)cc1OC. The van der Waals surface area contributed by atoms with Gasteiger partial charge in [0.05, 0.1) is 20.5 Å². The van der Waals surface area contributed by atoms with Crippen molar-refractivity contribution in [3.8, 4) is 11.5 Å². The third-order valence-corrected chi connectivity index (χ3v) is 3.98. The summed E-state index contributed by atoms with van der Waals surface area (Å²) in [7, 11) is 5.35. The molecule has 0 saturated heterocycles. The molecule has 1 aromatic heterocycles. The zero-order valence-corrected chi connectivity index (χ0v) is 16.1. The van der Waals surface area contributed by atoms with E-state index in [1.807, 2.05) is 37.4 Å². The summed E-state index contributed by atoms with van der Waals surface area (Å²) < 4.78 is 16.2. The van der Waals surface area contributed by atoms with Crippen LogP contribution in [0.5, 0.6) is 11.5 Å². The number of aliphatic imine (C=N–C) groups is 1. The fraction of sp³-hybridized carbons (Fsp3) is 0.450. The van der Waals surface area contributed by atoms with E-state index in [9.17, 15) is 0 Å². The van der Waals surface area contributed by atoms with Crippen LogP contribution in [0, 0.1) is 0 Å². The molecule has 2 rings (SSSR count).